The van der Waals surface area contributed by atoms with Crippen molar-refractivity contribution >= 4 is 23.4 Å². The number of nitrogens with zero attached hydrogens (tertiary/aromatic N) is 4. The molecule has 0 bridgehead atoms. The van der Waals surface area contributed by atoms with Gasteiger partial charge in [-0.25, -0.2) is 9.37 Å². The standard InChI is InChI=1S/C25H31FN6O2/c1-2-23(33)31-9-3-4-20(16-31)28-24-22(26)13-27-25(30-24)29-19-6-5-17-14-32(15-18(17)12-19)21-7-10-34-11-8-21/h2,5-6,12-13,20-21H,1,3-4,7-11,14-16H2,(H2,27,28,29,30)/t20-/m1/s1. The van der Waals surface area contributed by atoms with Crippen LogP contribution in [0.1, 0.15) is 36.8 Å². The number of likely N-dealkylation sites (tertiary alicyclic amines) is 1. The third-order valence-corrected chi connectivity index (χ3v) is 6.91. The van der Waals surface area contributed by atoms with Crippen LogP contribution in [0.25, 0.3) is 0 Å². The van der Waals surface area contributed by atoms with Gasteiger partial charge in [0, 0.05) is 57.2 Å². The second-order valence-corrected chi connectivity index (χ2v) is 9.22. The van der Waals surface area contributed by atoms with Crippen molar-refractivity contribution in [1.82, 2.24) is 19.8 Å². The predicted molar refractivity (Wildman–Crippen MR) is 128 cm³/mol. The van der Waals surface area contributed by atoms with E-state index >= 15 is 0 Å². The van der Waals surface area contributed by atoms with E-state index in [1.165, 1.54) is 23.4 Å². The number of halogens is 1. The molecule has 180 valence electrons. The number of carbonyl (C=O) groups excluding carboxylic acids is 1. The fraction of sp³-hybridized carbons (Fsp3) is 0.480. The van der Waals surface area contributed by atoms with Gasteiger partial charge in [-0.15, -0.1) is 0 Å². The van der Waals surface area contributed by atoms with E-state index in [-0.39, 0.29) is 17.8 Å². The molecule has 1 atom stereocenters. The zero-order valence-corrected chi connectivity index (χ0v) is 19.3. The van der Waals surface area contributed by atoms with Crippen molar-refractivity contribution in [2.45, 2.75) is 50.9 Å². The molecule has 34 heavy (non-hydrogen) atoms. The van der Waals surface area contributed by atoms with E-state index in [1.807, 2.05) is 6.07 Å². The SMILES string of the molecule is C=CC(=O)N1CCC[C@@H](Nc2nc(Nc3ccc4c(c3)CN(C3CCOCC3)C4)ncc2F)C1. The number of anilines is 3. The number of ether oxygens (including phenoxy) is 1. The molecule has 0 saturated carbocycles. The van der Waals surface area contributed by atoms with Crippen molar-refractivity contribution in [3.63, 3.8) is 0 Å². The monoisotopic (exact) mass is 466 g/mol. The number of hydrogen-bond acceptors (Lipinski definition) is 7. The van der Waals surface area contributed by atoms with E-state index in [1.54, 1.807) is 4.90 Å². The highest BCUT2D eigenvalue weighted by Crippen LogP contribution is 2.30. The van der Waals surface area contributed by atoms with Crippen LogP contribution in [0.3, 0.4) is 0 Å². The minimum atomic E-state index is -0.515. The summed E-state index contributed by atoms with van der Waals surface area (Å²) in [5.41, 5.74) is 3.52. The quantitative estimate of drug-likeness (QED) is 0.631. The summed E-state index contributed by atoms with van der Waals surface area (Å²) < 4.78 is 20.0. The number of fused-ring (bicyclic) bond motifs is 1. The molecule has 5 rings (SSSR count). The van der Waals surface area contributed by atoms with E-state index in [0.29, 0.717) is 25.1 Å². The molecule has 2 saturated heterocycles. The lowest BCUT2D eigenvalue weighted by molar-refractivity contribution is -0.127. The van der Waals surface area contributed by atoms with Crippen LogP contribution in [0.2, 0.25) is 0 Å². The lowest BCUT2D eigenvalue weighted by Crippen LogP contribution is -2.44. The summed E-state index contributed by atoms with van der Waals surface area (Å²) in [6, 6.07) is 6.79. The lowest BCUT2D eigenvalue weighted by Gasteiger charge is -2.32. The highest BCUT2D eigenvalue weighted by Gasteiger charge is 2.27. The Kier molecular flexibility index (Phi) is 6.73. The number of carbonyl (C=O) groups is 1. The van der Waals surface area contributed by atoms with Crippen molar-refractivity contribution in [2.75, 3.05) is 36.9 Å². The number of nitrogens with one attached hydrogen (secondary N) is 2. The van der Waals surface area contributed by atoms with E-state index in [2.05, 4.69) is 44.2 Å². The third-order valence-electron chi connectivity index (χ3n) is 6.91. The number of benzene rings is 1. The number of hydrogen-bond donors (Lipinski definition) is 2. The van der Waals surface area contributed by atoms with E-state index in [4.69, 9.17) is 4.74 Å². The summed E-state index contributed by atoms with van der Waals surface area (Å²) in [6.45, 7) is 8.30. The van der Waals surface area contributed by atoms with Gasteiger partial charge in [0.25, 0.3) is 0 Å². The second kappa shape index (κ2) is 10.1. The molecule has 0 radical (unpaired) electrons. The van der Waals surface area contributed by atoms with Gasteiger partial charge in [-0.1, -0.05) is 12.6 Å². The number of amides is 1. The minimum Gasteiger partial charge on any atom is -0.381 e. The molecule has 4 heterocycles. The molecule has 2 N–H and O–H groups in total. The smallest absolute Gasteiger partial charge is 0.246 e. The van der Waals surface area contributed by atoms with Crippen molar-refractivity contribution in [3.8, 4) is 0 Å². The number of aromatic nitrogens is 2. The maximum Gasteiger partial charge on any atom is 0.246 e. The van der Waals surface area contributed by atoms with Crippen molar-refractivity contribution < 1.29 is 13.9 Å². The fourth-order valence-corrected chi connectivity index (χ4v) is 5.08. The number of rotatable bonds is 6. The van der Waals surface area contributed by atoms with Gasteiger partial charge < -0.3 is 20.3 Å². The topological polar surface area (TPSA) is 82.6 Å². The summed E-state index contributed by atoms with van der Waals surface area (Å²) in [4.78, 5) is 24.7. The lowest BCUT2D eigenvalue weighted by atomic mass is 10.1. The van der Waals surface area contributed by atoms with Crippen LogP contribution in [-0.4, -0.2) is 64.1 Å². The first-order chi connectivity index (χ1) is 16.6. The van der Waals surface area contributed by atoms with Gasteiger partial charge in [-0.05, 0) is 55.0 Å². The van der Waals surface area contributed by atoms with E-state index < -0.39 is 5.82 Å². The Morgan fingerprint density at radius 1 is 1.21 bits per heavy atom. The molecule has 0 aliphatic carbocycles. The van der Waals surface area contributed by atoms with Gasteiger partial charge in [0.2, 0.25) is 11.9 Å². The van der Waals surface area contributed by atoms with Gasteiger partial charge in [-0.2, -0.15) is 4.98 Å². The highest BCUT2D eigenvalue weighted by atomic mass is 19.1. The summed E-state index contributed by atoms with van der Waals surface area (Å²) in [5, 5.41) is 6.38. The molecule has 3 aliphatic rings. The van der Waals surface area contributed by atoms with Crippen LogP contribution < -0.4 is 10.6 Å². The highest BCUT2D eigenvalue weighted by molar-refractivity contribution is 5.87. The molecule has 3 aliphatic heterocycles. The van der Waals surface area contributed by atoms with Crippen LogP contribution in [0.15, 0.2) is 37.1 Å². The Hall–Kier alpha value is -3.04. The van der Waals surface area contributed by atoms with Crippen LogP contribution in [0, 0.1) is 5.82 Å². The van der Waals surface area contributed by atoms with Gasteiger partial charge in [0.05, 0.1) is 6.20 Å². The Morgan fingerprint density at radius 3 is 2.85 bits per heavy atom. The van der Waals surface area contributed by atoms with Gasteiger partial charge >= 0.3 is 0 Å². The van der Waals surface area contributed by atoms with E-state index in [0.717, 1.165) is 57.7 Å². The summed E-state index contributed by atoms with van der Waals surface area (Å²) in [7, 11) is 0. The Balaban J connectivity index is 1.24. The largest absolute Gasteiger partial charge is 0.381 e. The molecule has 1 aromatic carbocycles. The first kappa shape index (κ1) is 22.7. The van der Waals surface area contributed by atoms with Crippen molar-refractivity contribution in [3.05, 3.63) is 54.0 Å². The zero-order chi connectivity index (χ0) is 23.5. The Bertz CT molecular complexity index is 1060. The van der Waals surface area contributed by atoms with Crippen LogP contribution in [0.5, 0.6) is 0 Å². The third kappa shape index (κ3) is 5.05. The summed E-state index contributed by atoms with van der Waals surface area (Å²) >= 11 is 0. The average Bonchev–Trinajstić information content (AvgIpc) is 3.30. The molecule has 1 amide bonds. The molecule has 0 spiro atoms. The molecular weight excluding hydrogens is 435 g/mol. The van der Waals surface area contributed by atoms with Crippen molar-refractivity contribution in [1.29, 1.82) is 0 Å². The van der Waals surface area contributed by atoms with Gasteiger partial charge in [0.1, 0.15) is 0 Å². The van der Waals surface area contributed by atoms with Gasteiger partial charge in [-0.3, -0.25) is 9.69 Å². The molecule has 0 unspecified atom stereocenters. The number of piperidine rings is 1. The maximum atomic E-state index is 14.5. The maximum absolute atomic E-state index is 14.5. The summed E-state index contributed by atoms with van der Waals surface area (Å²) in [5.74, 6) is -0.150. The molecule has 1 aromatic heterocycles. The minimum absolute atomic E-state index is 0.0777. The molecule has 8 nitrogen and oxygen atoms in total. The normalized spacial score (nSPS) is 21.2. The average molecular weight is 467 g/mol. The molecular formula is C25H31FN6O2. The second-order valence-electron chi connectivity index (χ2n) is 9.22. The zero-order valence-electron chi connectivity index (χ0n) is 19.3. The summed E-state index contributed by atoms with van der Waals surface area (Å²) in [6.07, 6.45) is 6.33. The molecule has 2 aromatic rings. The fourth-order valence-electron chi connectivity index (χ4n) is 5.08. The molecule has 2 fully saturated rings. The van der Waals surface area contributed by atoms with Crippen molar-refractivity contribution in [2.24, 2.45) is 0 Å². The predicted octanol–water partition coefficient (Wildman–Crippen LogP) is 3.44. The van der Waals surface area contributed by atoms with Gasteiger partial charge in [0.15, 0.2) is 11.6 Å². The van der Waals surface area contributed by atoms with Crippen LogP contribution >= 0.6 is 0 Å². The first-order valence-electron chi connectivity index (χ1n) is 12.0. The van der Waals surface area contributed by atoms with E-state index in [9.17, 15) is 9.18 Å². The first-order valence-corrected chi connectivity index (χ1v) is 12.0. The Morgan fingerprint density at radius 2 is 2.03 bits per heavy atom. The van der Waals surface area contributed by atoms with Crippen LogP contribution in [0.4, 0.5) is 21.8 Å². The Labute approximate surface area is 199 Å². The van der Waals surface area contributed by atoms with Crippen LogP contribution in [-0.2, 0) is 22.6 Å². The molecule has 9 heteroatoms.